The van der Waals surface area contributed by atoms with Gasteiger partial charge in [-0.2, -0.15) is 0 Å². The average molecular weight is 743 g/mol. The molecule has 13 aromatic rings. The van der Waals surface area contributed by atoms with Gasteiger partial charge in [0.05, 0.1) is 43.5 Å². The van der Waals surface area contributed by atoms with Gasteiger partial charge in [-0.3, -0.25) is 4.57 Å². The zero-order chi connectivity index (χ0) is 37.2. The Morgan fingerprint density at radius 3 is 1.54 bits per heavy atom. The van der Waals surface area contributed by atoms with E-state index < -0.39 is 0 Å². The lowest BCUT2D eigenvalue weighted by molar-refractivity contribution is 1.08. The highest BCUT2D eigenvalue weighted by molar-refractivity contribution is 7.26. The molecule has 0 aliphatic carbocycles. The van der Waals surface area contributed by atoms with Crippen molar-refractivity contribution in [1.82, 2.24) is 19.1 Å². The van der Waals surface area contributed by atoms with E-state index in [4.69, 9.17) is 9.97 Å². The predicted molar refractivity (Wildman–Crippen MR) is 242 cm³/mol. The highest BCUT2D eigenvalue weighted by atomic mass is 32.1. The standard InChI is InChI=1S/C52H30N4S/c1-2-15-31(16-3-1)48-52(54-50-36-21-7-5-18-33(36)32-17-4-6-20-35(32)49(50)53-48)56-41-26-12-9-23-39(41)47-43(56)30-29-42-46(47)38-22-8-11-25-40(38)55(42)44-27-14-24-37-34-19-10-13-28-45(34)57-51(37)44/h1-30H. The molecule has 4 nitrogen and oxygen atoms in total. The molecule has 13 rings (SSSR count). The lowest BCUT2D eigenvalue weighted by Crippen LogP contribution is -2.04. The second-order valence-electron chi connectivity index (χ2n) is 14.9. The molecule has 0 bridgehead atoms. The molecule has 4 aromatic heterocycles. The molecule has 0 N–H and O–H groups in total. The average Bonchev–Trinajstić information content (AvgIpc) is 3.94. The lowest BCUT2D eigenvalue weighted by Gasteiger charge is -2.16. The third-order valence-electron chi connectivity index (χ3n) is 11.9. The summed E-state index contributed by atoms with van der Waals surface area (Å²) in [5.41, 5.74) is 9.46. The summed E-state index contributed by atoms with van der Waals surface area (Å²) < 4.78 is 7.44. The minimum Gasteiger partial charge on any atom is -0.308 e. The van der Waals surface area contributed by atoms with Gasteiger partial charge < -0.3 is 4.57 Å². The lowest BCUT2D eigenvalue weighted by atomic mass is 9.99. The van der Waals surface area contributed by atoms with Gasteiger partial charge in [0.2, 0.25) is 0 Å². The topological polar surface area (TPSA) is 35.6 Å². The molecule has 264 valence electrons. The molecular weight excluding hydrogens is 713 g/mol. The Bertz CT molecular complexity index is 3810. The van der Waals surface area contributed by atoms with Crippen LogP contribution in [0.15, 0.2) is 182 Å². The summed E-state index contributed by atoms with van der Waals surface area (Å²) in [6, 6.07) is 65.5. The van der Waals surface area contributed by atoms with E-state index in [2.05, 4.69) is 191 Å². The number of rotatable bonds is 3. The minimum absolute atomic E-state index is 0.818. The van der Waals surface area contributed by atoms with Gasteiger partial charge in [-0.25, -0.2) is 9.97 Å². The molecule has 0 atom stereocenters. The number of para-hydroxylation sites is 2. The molecule has 0 radical (unpaired) electrons. The van der Waals surface area contributed by atoms with E-state index in [0.29, 0.717) is 0 Å². The first-order valence-electron chi connectivity index (χ1n) is 19.3. The fourth-order valence-corrected chi connectivity index (χ4v) is 10.7. The molecular formula is C52H30N4S. The molecule has 5 heteroatoms. The first kappa shape index (κ1) is 30.9. The highest BCUT2D eigenvalue weighted by Crippen LogP contribution is 2.46. The van der Waals surface area contributed by atoms with Crippen molar-refractivity contribution in [3.8, 4) is 22.8 Å². The van der Waals surface area contributed by atoms with Crippen molar-refractivity contribution in [3.05, 3.63) is 182 Å². The molecule has 0 aliphatic rings. The van der Waals surface area contributed by atoms with Gasteiger partial charge in [0.15, 0.2) is 5.82 Å². The smallest absolute Gasteiger partial charge is 0.165 e. The Balaban J connectivity index is 1.19. The summed E-state index contributed by atoms with van der Waals surface area (Å²) in [7, 11) is 0. The van der Waals surface area contributed by atoms with Gasteiger partial charge in [0.25, 0.3) is 0 Å². The van der Waals surface area contributed by atoms with Crippen LogP contribution in [0.4, 0.5) is 0 Å². The van der Waals surface area contributed by atoms with Gasteiger partial charge in [0, 0.05) is 53.4 Å². The van der Waals surface area contributed by atoms with Gasteiger partial charge in [-0.05, 0) is 47.2 Å². The number of fused-ring (bicyclic) bond motifs is 16. The van der Waals surface area contributed by atoms with Crippen LogP contribution in [0.25, 0.3) is 119 Å². The number of thiophene rings is 1. The van der Waals surface area contributed by atoms with Gasteiger partial charge >= 0.3 is 0 Å². The third-order valence-corrected chi connectivity index (χ3v) is 13.1. The van der Waals surface area contributed by atoms with Crippen LogP contribution in [0, 0.1) is 0 Å². The Morgan fingerprint density at radius 2 is 0.860 bits per heavy atom. The van der Waals surface area contributed by atoms with Crippen molar-refractivity contribution in [2.75, 3.05) is 0 Å². The molecule has 0 saturated heterocycles. The molecule has 9 aromatic carbocycles. The molecule has 0 unspecified atom stereocenters. The molecule has 57 heavy (non-hydrogen) atoms. The van der Waals surface area contributed by atoms with Crippen LogP contribution in [0.1, 0.15) is 0 Å². The fourth-order valence-electron chi connectivity index (χ4n) is 9.51. The zero-order valence-corrected chi connectivity index (χ0v) is 31.3. The van der Waals surface area contributed by atoms with Crippen molar-refractivity contribution in [2.24, 2.45) is 0 Å². The number of nitrogens with zero attached hydrogens (tertiary/aromatic N) is 4. The summed E-state index contributed by atoms with van der Waals surface area (Å²) in [5.74, 6) is 0.818. The van der Waals surface area contributed by atoms with Crippen LogP contribution < -0.4 is 0 Å². The van der Waals surface area contributed by atoms with Gasteiger partial charge in [0.1, 0.15) is 5.69 Å². The Morgan fingerprint density at radius 1 is 0.351 bits per heavy atom. The SMILES string of the molecule is c1ccc(-c2nc3c4ccccc4c4ccccc4c3nc2-n2c3ccccc3c3c4c5ccccc5n(-c5cccc6c5sc5ccccc56)c4ccc32)cc1. The Labute approximate surface area is 330 Å². The second-order valence-corrected chi connectivity index (χ2v) is 15.9. The molecule has 0 fully saturated rings. The van der Waals surface area contributed by atoms with E-state index in [9.17, 15) is 0 Å². The van der Waals surface area contributed by atoms with E-state index in [1.807, 2.05) is 11.3 Å². The van der Waals surface area contributed by atoms with E-state index in [1.165, 1.54) is 69.2 Å². The largest absolute Gasteiger partial charge is 0.308 e. The molecule has 0 amide bonds. The van der Waals surface area contributed by atoms with E-state index in [0.717, 1.165) is 49.9 Å². The van der Waals surface area contributed by atoms with Crippen LogP contribution in [0.5, 0.6) is 0 Å². The van der Waals surface area contributed by atoms with Crippen LogP contribution in [0.3, 0.4) is 0 Å². The number of hydrogen-bond acceptors (Lipinski definition) is 3. The van der Waals surface area contributed by atoms with Crippen molar-refractivity contribution >= 4 is 108 Å². The first-order valence-corrected chi connectivity index (χ1v) is 20.2. The highest BCUT2D eigenvalue weighted by Gasteiger charge is 2.25. The van der Waals surface area contributed by atoms with E-state index >= 15 is 0 Å². The predicted octanol–water partition coefficient (Wildman–Crippen LogP) is 14.2. The van der Waals surface area contributed by atoms with E-state index in [1.54, 1.807) is 0 Å². The minimum atomic E-state index is 0.818. The van der Waals surface area contributed by atoms with Crippen LogP contribution in [0.2, 0.25) is 0 Å². The fraction of sp³-hybridized carbons (Fsp3) is 0. The van der Waals surface area contributed by atoms with Crippen molar-refractivity contribution in [2.45, 2.75) is 0 Å². The van der Waals surface area contributed by atoms with Crippen LogP contribution in [-0.4, -0.2) is 19.1 Å². The quantitative estimate of drug-likeness (QED) is 0.169. The van der Waals surface area contributed by atoms with Crippen molar-refractivity contribution in [3.63, 3.8) is 0 Å². The number of hydrogen-bond donors (Lipinski definition) is 0. The van der Waals surface area contributed by atoms with Crippen molar-refractivity contribution in [1.29, 1.82) is 0 Å². The molecule has 4 heterocycles. The monoisotopic (exact) mass is 742 g/mol. The number of aromatic nitrogens is 4. The second kappa shape index (κ2) is 11.6. The Hall–Kier alpha value is -7.34. The normalized spacial score (nSPS) is 12.2. The van der Waals surface area contributed by atoms with E-state index in [-0.39, 0.29) is 0 Å². The summed E-state index contributed by atoms with van der Waals surface area (Å²) in [6.45, 7) is 0. The summed E-state index contributed by atoms with van der Waals surface area (Å²) in [4.78, 5) is 11.3. The zero-order valence-electron chi connectivity index (χ0n) is 30.5. The summed E-state index contributed by atoms with van der Waals surface area (Å²) in [5, 5.41) is 12.0. The maximum Gasteiger partial charge on any atom is 0.165 e. The van der Waals surface area contributed by atoms with Crippen LogP contribution in [-0.2, 0) is 0 Å². The van der Waals surface area contributed by atoms with Crippen LogP contribution >= 0.6 is 11.3 Å². The Kier molecular flexibility index (Phi) is 6.29. The maximum absolute atomic E-state index is 5.72. The molecule has 0 aliphatic heterocycles. The maximum atomic E-state index is 5.72. The third kappa shape index (κ3) is 4.21. The summed E-state index contributed by atoms with van der Waals surface area (Å²) in [6.07, 6.45) is 0. The van der Waals surface area contributed by atoms with Crippen molar-refractivity contribution < 1.29 is 0 Å². The molecule has 0 saturated carbocycles. The van der Waals surface area contributed by atoms with Gasteiger partial charge in [-0.15, -0.1) is 11.3 Å². The number of benzene rings is 9. The first-order chi connectivity index (χ1) is 28.3. The van der Waals surface area contributed by atoms with Gasteiger partial charge in [-0.1, -0.05) is 146 Å². The summed E-state index contributed by atoms with van der Waals surface area (Å²) >= 11 is 1.87. The molecule has 0 spiro atoms.